The number of piperidine rings is 1. The zero-order valence-corrected chi connectivity index (χ0v) is 16.6. The Morgan fingerprint density at radius 2 is 2.07 bits per heavy atom. The number of pyridine rings is 1. The smallest absolute Gasteiger partial charge is 0.255 e. The standard InChI is InChI=1S/C22H22N6O2/c1-22(30)8-2-9-27(13-22)21(29)17-11-16-7-10-28(20(16)23-12-17)18-5-3-15(4-6-18)19-24-14-25-26-19/h3-7,10-12,14,30H,2,8-9,13H2,1H3,(H,24,25,26). The van der Waals surface area contributed by atoms with Gasteiger partial charge in [0.2, 0.25) is 0 Å². The minimum atomic E-state index is -0.827. The Bertz CT molecular complexity index is 1190. The molecular weight excluding hydrogens is 380 g/mol. The largest absolute Gasteiger partial charge is 0.388 e. The van der Waals surface area contributed by atoms with Gasteiger partial charge in [0.15, 0.2) is 5.82 Å². The van der Waals surface area contributed by atoms with Crippen LogP contribution in [0, 0.1) is 0 Å². The van der Waals surface area contributed by atoms with E-state index in [2.05, 4.69) is 20.2 Å². The third kappa shape index (κ3) is 3.35. The second kappa shape index (κ2) is 7.07. The van der Waals surface area contributed by atoms with Crippen LogP contribution in [0.3, 0.4) is 0 Å². The summed E-state index contributed by atoms with van der Waals surface area (Å²) in [6.45, 7) is 2.79. The lowest BCUT2D eigenvalue weighted by Crippen LogP contribution is -2.48. The van der Waals surface area contributed by atoms with Crippen molar-refractivity contribution in [2.45, 2.75) is 25.4 Å². The molecule has 2 N–H and O–H groups in total. The van der Waals surface area contributed by atoms with Crippen LogP contribution >= 0.6 is 0 Å². The van der Waals surface area contributed by atoms with E-state index < -0.39 is 5.60 Å². The minimum absolute atomic E-state index is 0.0893. The van der Waals surface area contributed by atoms with Crippen LogP contribution in [0.25, 0.3) is 28.1 Å². The zero-order chi connectivity index (χ0) is 20.7. The van der Waals surface area contributed by atoms with Crippen molar-refractivity contribution in [2.75, 3.05) is 13.1 Å². The summed E-state index contributed by atoms with van der Waals surface area (Å²) in [7, 11) is 0. The quantitative estimate of drug-likeness (QED) is 0.549. The number of aliphatic hydroxyl groups is 1. The number of fused-ring (bicyclic) bond motifs is 1. The number of benzene rings is 1. The molecule has 1 atom stereocenters. The van der Waals surface area contributed by atoms with Gasteiger partial charge in [-0.05, 0) is 56.2 Å². The Labute approximate surface area is 173 Å². The van der Waals surface area contributed by atoms with Crippen LogP contribution in [0.1, 0.15) is 30.1 Å². The van der Waals surface area contributed by atoms with Crippen molar-refractivity contribution in [3.8, 4) is 17.1 Å². The fourth-order valence-electron chi connectivity index (χ4n) is 4.05. The van der Waals surface area contributed by atoms with Gasteiger partial charge in [0.25, 0.3) is 5.91 Å². The lowest BCUT2D eigenvalue weighted by atomic mass is 9.95. The summed E-state index contributed by atoms with van der Waals surface area (Å²) < 4.78 is 1.99. The lowest BCUT2D eigenvalue weighted by molar-refractivity contribution is -0.0107. The van der Waals surface area contributed by atoms with Gasteiger partial charge in [-0.25, -0.2) is 4.98 Å². The second-order valence-corrected chi connectivity index (χ2v) is 8.03. The van der Waals surface area contributed by atoms with Gasteiger partial charge < -0.3 is 19.6 Å². The molecule has 1 saturated heterocycles. The number of nitrogens with one attached hydrogen (secondary N) is 1. The molecule has 5 rings (SSSR count). The van der Waals surface area contributed by atoms with Crippen LogP contribution in [0.15, 0.2) is 55.1 Å². The van der Waals surface area contributed by atoms with Gasteiger partial charge in [-0.3, -0.25) is 4.79 Å². The van der Waals surface area contributed by atoms with E-state index in [0.29, 0.717) is 25.1 Å². The average Bonchev–Trinajstić information content (AvgIpc) is 3.42. The van der Waals surface area contributed by atoms with E-state index in [1.165, 1.54) is 0 Å². The number of hydrogen-bond donors (Lipinski definition) is 2. The summed E-state index contributed by atoms with van der Waals surface area (Å²) in [5.74, 6) is 0.630. The van der Waals surface area contributed by atoms with E-state index in [1.807, 2.05) is 47.2 Å². The topological polar surface area (TPSA) is 99.9 Å². The highest BCUT2D eigenvalue weighted by Crippen LogP contribution is 2.25. The van der Waals surface area contributed by atoms with E-state index in [0.717, 1.165) is 34.5 Å². The van der Waals surface area contributed by atoms with Crippen LogP contribution in [0.4, 0.5) is 0 Å². The second-order valence-electron chi connectivity index (χ2n) is 8.03. The number of nitrogens with zero attached hydrogens (tertiary/aromatic N) is 5. The molecule has 3 aromatic heterocycles. The molecule has 0 saturated carbocycles. The monoisotopic (exact) mass is 402 g/mol. The van der Waals surface area contributed by atoms with Gasteiger partial charge in [0.05, 0.1) is 11.2 Å². The zero-order valence-electron chi connectivity index (χ0n) is 16.6. The Hall–Kier alpha value is -3.52. The Morgan fingerprint density at radius 1 is 1.23 bits per heavy atom. The highest BCUT2D eigenvalue weighted by molar-refractivity contribution is 5.97. The van der Waals surface area contributed by atoms with Crippen molar-refractivity contribution < 1.29 is 9.90 Å². The average molecular weight is 402 g/mol. The molecule has 1 amide bonds. The van der Waals surface area contributed by atoms with E-state index in [-0.39, 0.29) is 5.91 Å². The number of aromatic nitrogens is 5. The number of carbonyl (C=O) groups excluding carboxylic acids is 1. The normalized spacial score (nSPS) is 19.3. The first kappa shape index (κ1) is 18.5. The molecule has 0 spiro atoms. The summed E-state index contributed by atoms with van der Waals surface area (Å²) in [6.07, 6.45) is 6.63. The Kier molecular flexibility index (Phi) is 4.36. The number of likely N-dealkylation sites (tertiary alicyclic amines) is 1. The fourth-order valence-corrected chi connectivity index (χ4v) is 4.05. The third-order valence-corrected chi connectivity index (χ3v) is 5.57. The van der Waals surface area contributed by atoms with Crippen LogP contribution in [0.2, 0.25) is 0 Å². The lowest BCUT2D eigenvalue weighted by Gasteiger charge is -2.36. The molecule has 1 unspecified atom stereocenters. The van der Waals surface area contributed by atoms with Gasteiger partial charge >= 0.3 is 0 Å². The predicted molar refractivity (Wildman–Crippen MR) is 112 cm³/mol. The maximum absolute atomic E-state index is 12.9. The summed E-state index contributed by atoms with van der Waals surface area (Å²) in [4.78, 5) is 22.2. The van der Waals surface area contributed by atoms with Crippen molar-refractivity contribution in [2.24, 2.45) is 0 Å². The molecule has 1 aliphatic heterocycles. The van der Waals surface area contributed by atoms with Crippen molar-refractivity contribution in [3.05, 3.63) is 60.7 Å². The highest BCUT2D eigenvalue weighted by atomic mass is 16.3. The molecule has 1 aliphatic rings. The van der Waals surface area contributed by atoms with Crippen LogP contribution < -0.4 is 0 Å². The van der Waals surface area contributed by atoms with Gasteiger partial charge in [-0.15, -0.1) is 10.2 Å². The first-order valence-corrected chi connectivity index (χ1v) is 9.96. The molecule has 30 heavy (non-hydrogen) atoms. The summed E-state index contributed by atoms with van der Waals surface area (Å²) in [6, 6.07) is 11.8. The first-order chi connectivity index (χ1) is 14.5. The molecule has 1 aromatic carbocycles. The summed E-state index contributed by atoms with van der Waals surface area (Å²) in [5.41, 5.74) is 2.41. The van der Waals surface area contributed by atoms with Crippen LogP contribution in [-0.2, 0) is 0 Å². The molecule has 0 radical (unpaired) electrons. The number of hydrogen-bond acceptors (Lipinski definition) is 5. The predicted octanol–water partition coefficient (Wildman–Crippen LogP) is 2.80. The number of carbonyl (C=O) groups is 1. The van der Waals surface area contributed by atoms with Gasteiger partial charge in [-0.2, -0.15) is 0 Å². The van der Waals surface area contributed by atoms with Gasteiger partial charge in [0, 0.05) is 42.1 Å². The molecule has 0 bridgehead atoms. The maximum Gasteiger partial charge on any atom is 0.255 e. The summed E-state index contributed by atoms with van der Waals surface area (Å²) >= 11 is 0. The number of amides is 1. The van der Waals surface area contributed by atoms with Gasteiger partial charge in [-0.1, -0.05) is 0 Å². The number of H-pyrrole nitrogens is 1. The van der Waals surface area contributed by atoms with E-state index in [4.69, 9.17) is 0 Å². The number of β-amino-alcohol motifs (C(OH)–C–C–N with tert-alkyl or cyclic N) is 1. The van der Waals surface area contributed by atoms with Crippen molar-refractivity contribution in [1.82, 2.24) is 29.6 Å². The minimum Gasteiger partial charge on any atom is -0.388 e. The molecule has 4 heterocycles. The van der Waals surface area contributed by atoms with Crippen LogP contribution in [-0.4, -0.2) is 59.3 Å². The highest BCUT2D eigenvalue weighted by Gasteiger charge is 2.31. The van der Waals surface area contributed by atoms with Crippen molar-refractivity contribution in [3.63, 3.8) is 0 Å². The summed E-state index contributed by atoms with van der Waals surface area (Å²) in [5, 5.41) is 19.0. The molecule has 4 aromatic rings. The molecule has 8 nitrogen and oxygen atoms in total. The Morgan fingerprint density at radius 3 is 2.80 bits per heavy atom. The van der Waals surface area contributed by atoms with E-state index in [9.17, 15) is 9.90 Å². The maximum atomic E-state index is 12.9. The van der Waals surface area contributed by atoms with Crippen LogP contribution in [0.5, 0.6) is 0 Å². The molecule has 0 aliphatic carbocycles. The molecular formula is C22H22N6O2. The van der Waals surface area contributed by atoms with Crippen molar-refractivity contribution in [1.29, 1.82) is 0 Å². The van der Waals surface area contributed by atoms with Crippen molar-refractivity contribution >= 4 is 16.9 Å². The third-order valence-electron chi connectivity index (χ3n) is 5.57. The number of rotatable bonds is 3. The first-order valence-electron chi connectivity index (χ1n) is 9.96. The van der Waals surface area contributed by atoms with Gasteiger partial charge in [0.1, 0.15) is 12.0 Å². The van der Waals surface area contributed by atoms with E-state index in [1.54, 1.807) is 24.3 Å². The number of aromatic amines is 1. The Balaban J connectivity index is 1.42. The molecule has 1 fully saturated rings. The fraction of sp³-hybridized carbons (Fsp3) is 0.273. The van der Waals surface area contributed by atoms with E-state index >= 15 is 0 Å². The SMILES string of the molecule is CC1(O)CCCN(C(=O)c2cnc3c(ccn3-c3ccc(-c4nnc[nH]4)cc3)c2)C1. The molecule has 152 valence electrons. The molecule has 8 heteroatoms.